The predicted molar refractivity (Wildman–Crippen MR) is 75.4 cm³/mol. The van der Waals surface area contributed by atoms with Crippen LogP contribution in [0.5, 0.6) is 0 Å². The van der Waals surface area contributed by atoms with E-state index in [1.54, 1.807) is 0 Å². The van der Waals surface area contributed by atoms with Crippen LogP contribution in [0.25, 0.3) is 0 Å². The summed E-state index contributed by atoms with van der Waals surface area (Å²) in [4.78, 5) is 11.1. The number of alkyl halides is 2. The Morgan fingerprint density at radius 2 is 1.61 bits per heavy atom. The molecule has 0 N–H and O–H groups in total. The van der Waals surface area contributed by atoms with E-state index in [0.717, 1.165) is 24.2 Å². The number of esters is 1. The number of hydrogen-bond donors (Lipinski definition) is 0. The van der Waals surface area contributed by atoms with Crippen molar-refractivity contribution in [2.75, 3.05) is 6.61 Å². The molecule has 0 aromatic rings. The van der Waals surface area contributed by atoms with E-state index in [9.17, 15) is 26.5 Å². The highest BCUT2D eigenvalue weighted by atomic mass is 32.2. The molecule has 8 heteroatoms. The molecule has 4 bridgehead atoms. The largest absolute Gasteiger partial charge is 0.743 e. The molecule has 132 valence electrons. The van der Waals surface area contributed by atoms with Crippen molar-refractivity contribution in [3.8, 4) is 0 Å². The van der Waals surface area contributed by atoms with E-state index in [2.05, 4.69) is 4.74 Å². The molecule has 0 aromatic carbocycles. The molecule has 23 heavy (non-hydrogen) atoms. The van der Waals surface area contributed by atoms with Gasteiger partial charge in [-0.25, -0.2) is 13.2 Å². The summed E-state index contributed by atoms with van der Waals surface area (Å²) in [5, 5.41) is -5.01. The van der Waals surface area contributed by atoms with Gasteiger partial charge < -0.3 is 9.29 Å². The number of carbonyl (C=O) groups is 1. The van der Waals surface area contributed by atoms with Crippen molar-refractivity contribution in [2.24, 2.45) is 23.2 Å². The summed E-state index contributed by atoms with van der Waals surface area (Å²) in [6, 6.07) is 0. The summed E-state index contributed by atoms with van der Waals surface area (Å²) < 4.78 is 61.4. The molecule has 0 saturated heterocycles. The fraction of sp³-hybridized carbons (Fsp3) is 0.933. The molecule has 0 aliphatic heterocycles. The van der Waals surface area contributed by atoms with Crippen molar-refractivity contribution >= 4 is 16.1 Å². The second-order valence-corrected chi connectivity index (χ2v) is 9.05. The molecule has 4 rings (SSSR count). The van der Waals surface area contributed by atoms with Gasteiger partial charge in [0, 0.05) is 0 Å². The third-order valence-corrected chi connectivity index (χ3v) is 6.60. The lowest BCUT2D eigenvalue weighted by Crippen LogP contribution is -2.46. The fourth-order valence-corrected chi connectivity index (χ4v) is 5.66. The summed E-state index contributed by atoms with van der Waals surface area (Å²) in [6.45, 7) is -0.272. The molecular formula is C15H21F2O5S-. The van der Waals surface area contributed by atoms with Gasteiger partial charge in [0.05, 0.1) is 6.61 Å². The molecule has 4 fully saturated rings. The fourth-order valence-electron chi connectivity index (χ4n) is 5.39. The van der Waals surface area contributed by atoms with Crippen molar-refractivity contribution in [3.05, 3.63) is 0 Å². The average Bonchev–Trinajstić information content (AvgIpc) is 2.40. The van der Waals surface area contributed by atoms with Crippen LogP contribution in [0.15, 0.2) is 0 Å². The first-order valence-electron chi connectivity index (χ1n) is 8.12. The van der Waals surface area contributed by atoms with E-state index in [4.69, 9.17) is 0 Å². The monoisotopic (exact) mass is 351 g/mol. The number of halogens is 2. The van der Waals surface area contributed by atoms with Crippen LogP contribution >= 0.6 is 0 Å². The number of rotatable bonds is 6. The van der Waals surface area contributed by atoms with Crippen LogP contribution in [0.4, 0.5) is 8.78 Å². The van der Waals surface area contributed by atoms with Crippen molar-refractivity contribution in [2.45, 2.75) is 56.6 Å². The van der Waals surface area contributed by atoms with Gasteiger partial charge in [0.25, 0.3) is 0 Å². The second-order valence-electron chi connectivity index (χ2n) is 7.63. The van der Waals surface area contributed by atoms with Crippen molar-refractivity contribution in [3.63, 3.8) is 0 Å². The van der Waals surface area contributed by atoms with Gasteiger partial charge in [-0.05, 0) is 74.5 Å². The lowest BCUT2D eigenvalue weighted by molar-refractivity contribution is -0.162. The number of ether oxygens (including phenoxy) is 1. The molecule has 0 aromatic heterocycles. The summed E-state index contributed by atoms with van der Waals surface area (Å²) in [5.74, 6) is 0.0641. The molecule has 0 heterocycles. The zero-order chi connectivity index (χ0) is 16.9. The Kier molecular flexibility index (Phi) is 4.20. The summed E-state index contributed by atoms with van der Waals surface area (Å²) in [5.41, 5.74) is 0.244. The highest BCUT2D eigenvalue weighted by Crippen LogP contribution is 2.61. The van der Waals surface area contributed by atoms with Crippen LogP contribution < -0.4 is 0 Å². The third kappa shape index (κ3) is 3.24. The van der Waals surface area contributed by atoms with E-state index in [1.165, 1.54) is 38.5 Å². The van der Waals surface area contributed by atoms with Crippen LogP contribution in [0.2, 0.25) is 0 Å². The lowest BCUT2D eigenvalue weighted by atomic mass is 9.48. The number of hydrogen-bond acceptors (Lipinski definition) is 5. The first-order valence-corrected chi connectivity index (χ1v) is 9.53. The van der Waals surface area contributed by atoms with Gasteiger partial charge in [-0.1, -0.05) is 0 Å². The molecule has 0 atom stereocenters. The summed E-state index contributed by atoms with van der Waals surface area (Å²) in [6.07, 6.45) is 8.64. The van der Waals surface area contributed by atoms with Crippen LogP contribution in [0.3, 0.4) is 0 Å². The van der Waals surface area contributed by atoms with Gasteiger partial charge in [0.15, 0.2) is 10.1 Å². The Balaban J connectivity index is 1.48. The van der Waals surface area contributed by atoms with E-state index in [-0.39, 0.29) is 12.0 Å². The predicted octanol–water partition coefficient (Wildman–Crippen LogP) is 2.66. The second kappa shape index (κ2) is 5.65. The normalized spacial score (nSPS) is 36.2. The Labute approximate surface area is 134 Å². The minimum Gasteiger partial charge on any atom is -0.743 e. The van der Waals surface area contributed by atoms with Gasteiger partial charge in [-0.15, -0.1) is 0 Å². The maximum atomic E-state index is 13.0. The minimum atomic E-state index is -6.03. The van der Waals surface area contributed by atoms with E-state index in [0.29, 0.717) is 6.42 Å². The van der Waals surface area contributed by atoms with Crippen LogP contribution in [-0.2, 0) is 19.6 Å². The molecule has 4 saturated carbocycles. The highest BCUT2D eigenvalue weighted by Gasteiger charge is 2.51. The molecule has 4 aliphatic rings. The quantitative estimate of drug-likeness (QED) is 0.417. The smallest absolute Gasteiger partial charge is 0.428 e. The van der Waals surface area contributed by atoms with Crippen LogP contribution in [0, 0.1) is 23.2 Å². The molecule has 0 spiro atoms. The van der Waals surface area contributed by atoms with Gasteiger partial charge in [0.2, 0.25) is 0 Å². The third-order valence-electron chi connectivity index (χ3n) is 5.80. The first-order chi connectivity index (χ1) is 10.6. The minimum absolute atomic E-state index is 0.244. The standard InChI is InChI=1S/C15H22F2O5S/c16-15(17,23(19,20)21)13(18)22-3-1-2-14-7-10-4-11(8-14)6-12(5-10)9-14/h10-12H,1-9H2,(H,19,20,21)/p-1. The molecule has 4 aliphatic carbocycles. The van der Waals surface area contributed by atoms with Crippen molar-refractivity contribution in [1.29, 1.82) is 0 Å². The zero-order valence-electron chi connectivity index (χ0n) is 12.8. The van der Waals surface area contributed by atoms with Crippen LogP contribution in [0.1, 0.15) is 51.4 Å². The van der Waals surface area contributed by atoms with Gasteiger partial charge in [0.1, 0.15) is 0 Å². The SMILES string of the molecule is O=C(OCCCC12CC3CC(CC(C3)C1)C2)C(F)(F)S(=O)(=O)[O-]. The Morgan fingerprint density at radius 3 is 2.04 bits per heavy atom. The summed E-state index contributed by atoms with van der Waals surface area (Å²) >= 11 is 0. The Morgan fingerprint density at radius 1 is 1.13 bits per heavy atom. The molecular weight excluding hydrogens is 330 g/mol. The molecule has 0 unspecified atom stereocenters. The van der Waals surface area contributed by atoms with Gasteiger partial charge >= 0.3 is 11.2 Å². The van der Waals surface area contributed by atoms with Crippen LogP contribution in [-0.4, -0.2) is 30.8 Å². The van der Waals surface area contributed by atoms with Gasteiger partial charge in [-0.3, -0.25) is 0 Å². The highest BCUT2D eigenvalue weighted by molar-refractivity contribution is 7.87. The Hall–Kier alpha value is -0.760. The Bertz CT molecular complexity index is 551. The lowest BCUT2D eigenvalue weighted by Gasteiger charge is -2.57. The average molecular weight is 351 g/mol. The van der Waals surface area contributed by atoms with Crippen molar-refractivity contribution < 1.29 is 31.3 Å². The number of carbonyl (C=O) groups excluding carboxylic acids is 1. The van der Waals surface area contributed by atoms with E-state index >= 15 is 0 Å². The van der Waals surface area contributed by atoms with Gasteiger partial charge in [-0.2, -0.15) is 8.78 Å². The first kappa shape index (κ1) is 17.1. The molecule has 0 radical (unpaired) electrons. The van der Waals surface area contributed by atoms with E-state index in [1.807, 2.05) is 0 Å². The zero-order valence-corrected chi connectivity index (χ0v) is 13.6. The topological polar surface area (TPSA) is 83.5 Å². The van der Waals surface area contributed by atoms with E-state index < -0.39 is 21.3 Å². The summed E-state index contributed by atoms with van der Waals surface area (Å²) in [7, 11) is -6.03. The maximum absolute atomic E-state index is 13.0. The molecule has 5 nitrogen and oxygen atoms in total. The van der Waals surface area contributed by atoms with Crippen molar-refractivity contribution in [1.82, 2.24) is 0 Å². The molecule has 0 amide bonds. The maximum Gasteiger partial charge on any atom is 0.428 e.